The Morgan fingerprint density at radius 2 is 1.60 bits per heavy atom. The van der Waals surface area contributed by atoms with Crippen LogP contribution in [0.15, 0.2) is 39.9 Å². The zero-order valence-electron chi connectivity index (χ0n) is 17.4. The van der Waals surface area contributed by atoms with Crippen molar-refractivity contribution in [3.8, 4) is 0 Å². The lowest BCUT2D eigenvalue weighted by atomic mass is 10.0. The fraction of sp³-hybridized carbons (Fsp3) is 0.500. The van der Waals surface area contributed by atoms with Gasteiger partial charge in [0.25, 0.3) is 10.9 Å². The molecule has 160 valence electrons. The minimum absolute atomic E-state index is 0.129. The molecule has 2 aliphatic heterocycles. The highest BCUT2D eigenvalue weighted by atomic mass is 16.2. The minimum atomic E-state index is -0.437. The highest BCUT2D eigenvalue weighted by Crippen LogP contribution is 2.26. The number of amides is 1. The predicted octanol–water partition coefficient (Wildman–Crippen LogP) is -0.0384. The van der Waals surface area contributed by atoms with Crippen LogP contribution in [0.25, 0.3) is 0 Å². The molecule has 1 atom stereocenters. The van der Waals surface area contributed by atoms with Crippen molar-refractivity contribution in [3.05, 3.63) is 56.3 Å². The summed E-state index contributed by atoms with van der Waals surface area (Å²) < 4.78 is 0. The van der Waals surface area contributed by atoms with E-state index in [4.69, 9.17) is 0 Å². The number of carbonyl (C=O) groups excluding carboxylic acids is 1. The zero-order valence-corrected chi connectivity index (χ0v) is 17.4. The van der Waals surface area contributed by atoms with Crippen LogP contribution in [0.5, 0.6) is 0 Å². The van der Waals surface area contributed by atoms with Crippen LogP contribution < -0.4 is 21.1 Å². The Balaban J connectivity index is 1.49. The SMILES string of the molecule is CN1CCN([C@H](CNc2c(N3CCN(C=O)CC3)c(=O)c2=O)c2ccccc2)CC1. The fourth-order valence-corrected chi connectivity index (χ4v) is 4.36. The number of hydrogen-bond donors (Lipinski definition) is 1. The molecule has 1 amide bonds. The molecular weight excluding hydrogens is 382 g/mol. The average Bonchev–Trinajstić information content (AvgIpc) is 2.80. The van der Waals surface area contributed by atoms with Crippen LogP contribution in [0.2, 0.25) is 0 Å². The van der Waals surface area contributed by atoms with Gasteiger partial charge in [-0.05, 0) is 12.6 Å². The lowest BCUT2D eigenvalue weighted by Gasteiger charge is -2.39. The van der Waals surface area contributed by atoms with Gasteiger partial charge in [-0.2, -0.15) is 0 Å². The standard InChI is InChI=1S/C22H29N5O3/c1-24-7-11-26(12-8-24)18(17-5-3-2-4-6-17)15-23-19-20(22(30)21(19)29)27-13-9-25(16-28)10-14-27/h2-6,16,18,23H,7-15H2,1H3/t18-/m1/s1. The number of hydrogen-bond acceptors (Lipinski definition) is 7. The summed E-state index contributed by atoms with van der Waals surface area (Å²) in [5.74, 6) is 0. The van der Waals surface area contributed by atoms with Crippen LogP contribution in [0.3, 0.4) is 0 Å². The molecule has 0 aromatic heterocycles. The smallest absolute Gasteiger partial charge is 0.253 e. The van der Waals surface area contributed by atoms with E-state index in [-0.39, 0.29) is 6.04 Å². The summed E-state index contributed by atoms with van der Waals surface area (Å²) in [6.07, 6.45) is 0.832. The summed E-state index contributed by atoms with van der Waals surface area (Å²) in [6, 6.07) is 10.4. The minimum Gasteiger partial charge on any atom is -0.378 e. The van der Waals surface area contributed by atoms with E-state index in [0.717, 1.165) is 32.6 Å². The van der Waals surface area contributed by atoms with E-state index < -0.39 is 10.9 Å². The Bertz CT molecular complexity index is 924. The molecule has 0 saturated carbocycles. The summed E-state index contributed by atoms with van der Waals surface area (Å²) in [5, 5.41) is 3.31. The molecule has 2 aromatic rings. The van der Waals surface area contributed by atoms with Crippen LogP contribution in [-0.4, -0.2) is 87.1 Å². The lowest BCUT2D eigenvalue weighted by molar-refractivity contribution is -0.118. The highest BCUT2D eigenvalue weighted by molar-refractivity contribution is 5.75. The van der Waals surface area contributed by atoms with E-state index in [2.05, 4.69) is 34.3 Å². The topological polar surface area (TPSA) is 76.2 Å². The van der Waals surface area contributed by atoms with Gasteiger partial charge in [0.15, 0.2) is 0 Å². The average molecular weight is 412 g/mol. The van der Waals surface area contributed by atoms with Crippen molar-refractivity contribution in [1.82, 2.24) is 14.7 Å². The predicted molar refractivity (Wildman–Crippen MR) is 118 cm³/mol. The van der Waals surface area contributed by atoms with E-state index >= 15 is 0 Å². The molecule has 2 fully saturated rings. The molecule has 0 radical (unpaired) electrons. The van der Waals surface area contributed by atoms with E-state index in [1.54, 1.807) is 4.90 Å². The summed E-state index contributed by atoms with van der Waals surface area (Å²) in [4.78, 5) is 43.9. The summed E-state index contributed by atoms with van der Waals surface area (Å²) in [6.45, 7) is 6.78. The van der Waals surface area contributed by atoms with Gasteiger partial charge < -0.3 is 20.0 Å². The third-order valence-electron chi connectivity index (χ3n) is 6.30. The van der Waals surface area contributed by atoms with E-state index in [1.165, 1.54) is 5.56 Å². The zero-order chi connectivity index (χ0) is 21.1. The van der Waals surface area contributed by atoms with Crippen molar-refractivity contribution in [2.75, 3.05) is 76.2 Å². The molecular formula is C22H29N5O3. The largest absolute Gasteiger partial charge is 0.378 e. The second kappa shape index (κ2) is 8.97. The molecule has 2 aliphatic rings. The maximum absolute atomic E-state index is 12.3. The summed E-state index contributed by atoms with van der Waals surface area (Å²) >= 11 is 0. The molecule has 8 nitrogen and oxygen atoms in total. The molecule has 2 aromatic carbocycles. The highest BCUT2D eigenvalue weighted by Gasteiger charge is 2.30. The first kappa shape index (κ1) is 20.6. The third-order valence-corrected chi connectivity index (χ3v) is 6.30. The van der Waals surface area contributed by atoms with Crippen molar-refractivity contribution in [3.63, 3.8) is 0 Å². The first-order valence-corrected chi connectivity index (χ1v) is 10.6. The number of rotatable bonds is 7. The van der Waals surface area contributed by atoms with E-state index in [0.29, 0.717) is 44.1 Å². The molecule has 0 unspecified atom stereocenters. The second-order valence-electron chi connectivity index (χ2n) is 8.16. The number of likely N-dealkylation sites (N-methyl/N-ethyl adjacent to an activating group) is 1. The maximum atomic E-state index is 12.3. The van der Waals surface area contributed by atoms with Crippen molar-refractivity contribution < 1.29 is 4.79 Å². The van der Waals surface area contributed by atoms with Gasteiger partial charge in [-0.3, -0.25) is 19.3 Å². The van der Waals surface area contributed by atoms with Crippen LogP contribution in [0.1, 0.15) is 11.6 Å². The molecule has 1 N–H and O–H groups in total. The molecule has 30 heavy (non-hydrogen) atoms. The number of nitrogens with zero attached hydrogens (tertiary/aromatic N) is 4. The number of nitrogens with one attached hydrogen (secondary N) is 1. The van der Waals surface area contributed by atoms with Crippen LogP contribution >= 0.6 is 0 Å². The van der Waals surface area contributed by atoms with Crippen molar-refractivity contribution in [1.29, 1.82) is 0 Å². The lowest BCUT2D eigenvalue weighted by Crippen LogP contribution is -2.51. The van der Waals surface area contributed by atoms with Crippen LogP contribution in [-0.2, 0) is 4.79 Å². The van der Waals surface area contributed by atoms with Crippen LogP contribution in [0.4, 0.5) is 11.4 Å². The Labute approximate surface area is 176 Å². The monoisotopic (exact) mass is 411 g/mol. The number of anilines is 2. The van der Waals surface area contributed by atoms with Crippen LogP contribution in [0, 0.1) is 0 Å². The van der Waals surface area contributed by atoms with Gasteiger partial charge >= 0.3 is 0 Å². The third kappa shape index (κ3) is 4.11. The Kier molecular flexibility index (Phi) is 6.15. The molecule has 2 saturated heterocycles. The Morgan fingerprint density at radius 1 is 0.933 bits per heavy atom. The Morgan fingerprint density at radius 3 is 2.23 bits per heavy atom. The van der Waals surface area contributed by atoms with Crippen molar-refractivity contribution >= 4 is 17.8 Å². The van der Waals surface area contributed by atoms with Crippen molar-refractivity contribution in [2.24, 2.45) is 0 Å². The maximum Gasteiger partial charge on any atom is 0.253 e. The first-order chi connectivity index (χ1) is 14.6. The number of carbonyl (C=O) groups is 1. The molecule has 4 rings (SSSR count). The van der Waals surface area contributed by atoms with Gasteiger partial charge in [0.1, 0.15) is 11.4 Å². The van der Waals surface area contributed by atoms with Gasteiger partial charge in [0.05, 0.1) is 6.04 Å². The van der Waals surface area contributed by atoms with E-state index in [1.807, 2.05) is 23.1 Å². The van der Waals surface area contributed by atoms with Gasteiger partial charge in [-0.1, -0.05) is 30.3 Å². The summed E-state index contributed by atoms with van der Waals surface area (Å²) in [7, 11) is 2.13. The van der Waals surface area contributed by atoms with Gasteiger partial charge in [-0.15, -0.1) is 0 Å². The first-order valence-electron chi connectivity index (χ1n) is 10.6. The van der Waals surface area contributed by atoms with Crippen molar-refractivity contribution in [2.45, 2.75) is 6.04 Å². The molecule has 0 bridgehead atoms. The number of benzene rings is 1. The molecule has 0 spiro atoms. The Hall–Kier alpha value is -2.71. The molecule has 2 heterocycles. The van der Waals surface area contributed by atoms with Gasteiger partial charge in [0, 0.05) is 58.9 Å². The number of piperazine rings is 2. The summed E-state index contributed by atoms with van der Waals surface area (Å²) in [5.41, 5.74) is 1.25. The van der Waals surface area contributed by atoms with Gasteiger partial charge in [0.2, 0.25) is 6.41 Å². The molecule has 8 heteroatoms. The second-order valence-corrected chi connectivity index (χ2v) is 8.16. The molecule has 0 aliphatic carbocycles. The van der Waals surface area contributed by atoms with Gasteiger partial charge in [-0.25, -0.2) is 0 Å². The fourth-order valence-electron chi connectivity index (χ4n) is 4.36. The van der Waals surface area contributed by atoms with E-state index in [9.17, 15) is 14.4 Å². The quantitative estimate of drug-likeness (QED) is 0.506. The normalized spacial score (nSPS) is 19.8.